The van der Waals surface area contributed by atoms with Crippen molar-refractivity contribution >= 4 is 17.7 Å². The molecule has 112 valence electrons. The Kier molecular flexibility index (Phi) is 3.96. The quantitative estimate of drug-likeness (QED) is 0.793. The zero-order valence-corrected chi connectivity index (χ0v) is 12.9. The van der Waals surface area contributed by atoms with Gasteiger partial charge in [-0.1, -0.05) is 6.92 Å². The van der Waals surface area contributed by atoms with E-state index in [0.29, 0.717) is 17.1 Å². The van der Waals surface area contributed by atoms with Crippen molar-refractivity contribution in [2.45, 2.75) is 49.3 Å². The van der Waals surface area contributed by atoms with Gasteiger partial charge in [-0.05, 0) is 37.9 Å². The molecule has 0 saturated heterocycles. The molecule has 1 aliphatic carbocycles. The fraction of sp³-hybridized carbons (Fsp3) is 0.538. The van der Waals surface area contributed by atoms with Crippen LogP contribution >= 0.6 is 11.8 Å². The lowest BCUT2D eigenvalue weighted by atomic mass is 10.4. The topological polar surface area (TPSA) is 88.5 Å². The lowest BCUT2D eigenvalue weighted by Gasteiger charge is -2.08. The second kappa shape index (κ2) is 5.88. The van der Waals surface area contributed by atoms with E-state index in [0.717, 1.165) is 36.4 Å². The predicted molar refractivity (Wildman–Crippen MR) is 80.8 cm³/mol. The number of rotatable bonds is 6. The van der Waals surface area contributed by atoms with Gasteiger partial charge in [0.25, 0.3) is 0 Å². The number of aromatic nitrogens is 5. The van der Waals surface area contributed by atoms with E-state index in [1.165, 1.54) is 11.8 Å². The van der Waals surface area contributed by atoms with E-state index in [4.69, 9.17) is 0 Å². The molecular formula is C13H18N6OS. The van der Waals surface area contributed by atoms with Gasteiger partial charge in [-0.15, -0.1) is 5.10 Å². The number of aryl methyl sites for hydroxylation is 1. The summed E-state index contributed by atoms with van der Waals surface area (Å²) in [5.41, 5.74) is 0.830. The summed E-state index contributed by atoms with van der Waals surface area (Å²) in [5, 5.41) is 11.3. The van der Waals surface area contributed by atoms with E-state index < -0.39 is 0 Å². The average Bonchev–Trinajstić information content (AvgIpc) is 3.24. The maximum Gasteiger partial charge on any atom is 0.344 e. The highest BCUT2D eigenvalue weighted by molar-refractivity contribution is 7.99. The fourth-order valence-corrected chi connectivity index (χ4v) is 2.90. The van der Waals surface area contributed by atoms with Crippen molar-refractivity contribution in [1.82, 2.24) is 24.7 Å². The number of hydrogen-bond acceptors (Lipinski definition) is 6. The lowest BCUT2D eigenvalue weighted by Crippen LogP contribution is -2.16. The molecule has 0 bridgehead atoms. The van der Waals surface area contributed by atoms with E-state index in [9.17, 15) is 4.79 Å². The Morgan fingerprint density at radius 3 is 3.05 bits per heavy atom. The van der Waals surface area contributed by atoms with Crippen LogP contribution in [0.2, 0.25) is 0 Å². The minimum atomic E-state index is -0.143. The first-order valence-corrected chi connectivity index (χ1v) is 7.93. The summed E-state index contributed by atoms with van der Waals surface area (Å²) < 4.78 is 1.73. The Labute approximate surface area is 126 Å². The van der Waals surface area contributed by atoms with E-state index in [1.807, 2.05) is 6.92 Å². The van der Waals surface area contributed by atoms with E-state index in [2.05, 4.69) is 32.4 Å². The van der Waals surface area contributed by atoms with Gasteiger partial charge in [-0.2, -0.15) is 0 Å². The standard InChI is InChI=1S/C13H18N6OS/c1-3-6-14-11-15-7-8(2)10(16-11)21-13-18-17-12(20)19(13)9-4-5-9/h7,9H,3-6H2,1-2H3,(H,17,20)(H,14,15,16). The van der Waals surface area contributed by atoms with Gasteiger partial charge in [0.1, 0.15) is 5.03 Å². The molecule has 0 radical (unpaired) electrons. The summed E-state index contributed by atoms with van der Waals surface area (Å²) >= 11 is 1.41. The van der Waals surface area contributed by atoms with Crippen LogP contribution < -0.4 is 11.0 Å². The molecule has 1 fully saturated rings. The number of anilines is 1. The number of nitrogens with one attached hydrogen (secondary N) is 2. The van der Waals surface area contributed by atoms with Gasteiger partial charge >= 0.3 is 5.69 Å². The van der Waals surface area contributed by atoms with Crippen LogP contribution in [0, 0.1) is 6.92 Å². The second-order valence-corrected chi connectivity index (χ2v) is 6.08. The predicted octanol–water partition coefficient (Wildman–Crippen LogP) is 1.98. The van der Waals surface area contributed by atoms with Crippen molar-refractivity contribution in [3.8, 4) is 0 Å². The third kappa shape index (κ3) is 3.10. The molecule has 21 heavy (non-hydrogen) atoms. The van der Waals surface area contributed by atoms with Gasteiger partial charge in [-0.3, -0.25) is 4.57 Å². The van der Waals surface area contributed by atoms with Crippen LogP contribution in [0.15, 0.2) is 21.2 Å². The molecule has 0 unspecified atom stereocenters. The van der Waals surface area contributed by atoms with Gasteiger partial charge in [0.2, 0.25) is 5.95 Å². The average molecular weight is 306 g/mol. The maximum atomic E-state index is 11.8. The van der Waals surface area contributed by atoms with Crippen LogP contribution in [-0.4, -0.2) is 31.3 Å². The smallest absolute Gasteiger partial charge is 0.344 e. The monoisotopic (exact) mass is 306 g/mol. The lowest BCUT2D eigenvalue weighted by molar-refractivity contribution is 0.642. The third-order valence-electron chi connectivity index (χ3n) is 3.23. The summed E-state index contributed by atoms with van der Waals surface area (Å²) in [6.45, 7) is 4.88. The largest absolute Gasteiger partial charge is 0.354 e. The van der Waals surface area contributed by atoms with Gasteiger partial charge in [0, 0.05) is 24.3 Å². The van der Waals surface area contributed by atoms with Gasteiger partial charge in [0.15, 0.2) is 5.16 Å². The molecule has 0 aromatic carbocycles. The molecule has 7 nitrogen and oxygen atoms in total. The number of H-pyrrole nitrogens is 1. The molecule has 0 spiro atoms. The zero-order chi connectivity index (χ0) is 14.8. The highest BCUT2D eigenvalue weighted by atomic mass is 32.2. The SMILES string of the molecule is CCCNc1ncc(C)c(Sc2n[nH]c(=O)n2C2CC2)n1. The molecule has 2 aromatic heterocycles. The van der Waals surface area contributed by atoms with Crippen LogP contribution in [0.25, 0.3) is 0 Å². The molecule has 0 aliphatic heterocycles. The van der Waals surface area contributed by atoms with Crippen LogP contribution in [0.5, 0.6) is 0 Å². The van der Waals surface area contributed by atoms with E-state index in [1.54, 1.807) is 10.8 Å². The van der Waals surface area contributed by atoms with Crippen molar-refractivity contribution in [3.63, 3.8) is 0 Å². The minimum absolute atomic E-state index is 0.143. The second-order valence-electron chi connectivity index (χ2n) is 5.12. The highest BCUT2D eigenvalue weighted by Gasteiger charge is 2.29. The Morgan fingerprint density at radius 2 is 2.33 bits per heavy atom. The van der Waals surface area contributed by atoms with Crippen LogP contribution in [0.4, 0.5) is 5.95 Å². The van der Waals surface area contributed by atoms with Gasteiger partial charge < -0.3 is 5.32 Å². The van der Waals surface area contributed by atoms with Crippen molar-refractivity contribution in [2.24, 2.45) is 0 Å². The summed E-state index contributed by atoms with van der Waals surface area (Å²) in [5.74, 6) is 0.612. The normalized spacial score (nSPS) is 14.4. The Bertz CT molecular complexity index is 690. The summed E-state index contributed by atoms with van der Waals surface area (Å²) in [7, 11) is 0. The van der Waals surface area contributed by atoms with Crippen molar-refractivity contribution in [2.75, 3.05) is 11.9 Å². The number of hydrogen-bond donors (Lipinski definition) is 2. The highest BCUT2D eigenvalue weighted by Crippen LogP contribution is 2.37. The Morgan fingerprint density at radius 1 is 1.52 bits per heavy atom. The molecule has 0 atom stereocenters. The number of aromatic amines is 1. The molecule has 0 amide bonds. The first-order valence-electron chi connectivity index (χ1n) is 7.11. The third-order valence-corrected chi connectivity index (χ3v) is 4.31. The summed E-state index contributed by atoms with van der Waals surface area (Å²) in [6.07, 6.45) is 4.89. The first-order chi connectivity index (χ1) is 10.2. The van der Waals surface area contributed by atoms with Crippen molar-refractivity contribution < 1.29 is 0 Å². The molecular weight excluding hydrogens is 288 g/mol. The maximum absolute atomic E-state index is 11.8. The first kappa shape index (κ1) is 14.1. The van der Waals surface area contributed by atoms with Crippen molar-refractivity contribution in [1.29, 1.82) is 0 Å². The Balaban J connectivity index is 1.85. The van der Waals surface area contributed by atoms with E-state index in [-0.39, 0.29) is 5.69 Å². The number of nitrogens with zero attached hydrogens (tertiary/aromatic N) is 4. The van der Waals surface area contributed by atoms with E-state index >= 15 is 0 Å². The molecule has 2 aromatic rings. The van der Waals surface area contributed by atoms with Crippen molar-refractivity contribution in [3.05, 3.63) is 22.2 Å². The fourth-order valence-electron chi connectivity index (χ4n) is 1.96. The summed E-state index contributed by atoms with van der Waals surface area (Å²) in [6, 6.07) is 0.290. The molecule has 3 rings (SSSR count). The molecule has 2 heterocycles. The molecule has 2 N–H and O–H groups in total. The van der Waals surface area contributed by atoms with Crippen LogP contribution in [-0.2, 0) is 0 Å². The van der Waals surface area contributed by atoms with Crippen LogP contribution in [0.3, 0.4) is 0 Å². The molecule has 8 heteroatoms. The Hall–Kier alpha value is -1.83. The minimum Gasteiger partial charge on any atom is -0.354 e. The summed E-state index contributed by atoms with van der Waals surface area (Å²) in [4.78, 5) is 20.6. The molecule has 1 saturated carbocycles. The van der Waals surface area contributed by atoms with Gasteiger partial charge in [-0.25, -0.2) is 19.9 Å². The zero-order valence-electron chi connectivity index (χ0n) is 12.1. The van der Waals surface area contributed by atoms with Crippen LogP contribution in [0.1, 0.15) is 37.8 Å². The molecule has 1 aliphatic rings. The van der Waals surface area contributed by atoms with Gasteiger partial charge in [0.05, 0.1) is 0 Å².